The first-order valence-electron chi connectivity index (χ1n) is 7.10. The highest BCUT2D eigenvalue weighted by atomic mass is 35.5. The minimum Gasteiger partial charge on any atom is -0.338 e. The summed E-state index contributed by atoms with van der Waals surface area (Å²) in [6, 6.07) is 5.70. The molecule has 116 valence electrons. The minimum atomic E-state index is -0.0274. The first-order chi connectivity index (χ1) is 9.97. The summed E-state index contributed by atoms with van der Waals surface area (Å²) >= 11 is 12.0. The third-order valence-electron chi connectivity index (χ3n) is 3.92. The zero-order valence-electron chi connectivity index (χ0n) is 12.4. The fourth-order valence-electron chi connectivity index (χ4n) is 2.55. The second kappa shape index (κ2) is 7.34. The van der Waals surface area contributed by atoms with Crippen LogP contribution in [0.25, 0.3) is 0 Å². The Labute approximate surface area is 136 Å². The molecule has 1 aromatic rings. The van der Waals surface area contributed by atoms with Gasteiger partial charge in [-0.05, 0) is 44.1 Å². The van der Waals surface area contributed by atoms with E-state index in [0.29, 0.717) is 29.1 Å². The van der Waals surface area contributed by atoms with E-state index in [2.05, 4.69) is 17.3 Å². The summed E-state index contributed by atoms with van der Waals surface area (Å²) in [5.74, 6) is 0. The largest absolute Gasteiger partial charge is 0.338 e. The predicted molar refractivity (Wildman–Crippen MR) is 87.2 cm³/mol. The number of rotatable bonds is 4. The van der Waals surface area contributed by atoms with E-state index in [-0.39, 0.29) is 6.03 Å². The summed E-state index contributed by atoms with van der Waals surface area (Å²) in [7, 11) is 3.93. The lowest BCUT2D eigenvalue weighted by molar-refractivity contribution is 0.191. The Balaban J connectivity index is 1.78. The normalized spacial score (nSPS) is 18.8. The first-order valence-corrected chi connectivity index (χ1v) is 7.86. The van der Waals surface area contributed by atoms with Crippen LogP contribution < -0.4 is 5.32 Å². The maximum absolute atomic E-state index is 12.1. The lowest BCUT2D eigenvalue weighted by atomic mass is 10.1. The molecule has 0 aromatic heterocycles. The Hall–Kier alpha value is -0.970. The van der Waals surface area contributed by atoms with Crippen molar-refractivity contribution in [1.82, 2.24) is 15.1 Å². The van der Waals surface area contributed by atoms with Crippen LogP contribution in [-0.2, 0) is 6.42 Å². The molecule has 0 unspecified atom stereocenters. The Morgan fingerprint density at radius 2 is 2.24 bits per heavy atom. The van der Waals surface area contributed by atoms with Crippen molar-refractivity contribution in [2.24, 2.45) is 0 Å². The molecule has 1 aromatic carbocycles. The number of likely N-dealkylation sites (tertiary alicyclic amines) is 1. The number of urea groups is 1. The van der Waals surface area contributed by atoms with Crippen LogP contribution in [-0.4, -0.2) is 55.6 Å². The van der Waals surface area contributed by atoms with E-state index in [9.17, 15) is 4.79 Å². The smallest absolute Gasteiger partial charge is 0.317 e. The molecule has 0 radical (unpaired) electrons. The number of carbonyl (C=O) groups is 1. The molecule has 6 heteroatoms. The Bertz CT molecular complexity index is 510. The van der Waals surface area contributed by atoms with Crippen molar-refractivity contribution in [3.05, 3.63) is 33.8 Å². The van der Waals surface area contributed by atoms with E-state index in [4.69, 9.17) is 23.2 Å². The predicted octanol–water partition coefficient (Wildman–Crippen LogP) is 2.88. The number of hydrogen-bond acceptors (Lipinski definition) is 2. The number of hydrogen-bond donors (Lipinski definition) is 1. The molecule has 1 N–H and O–H groups in total. The molecule has 4 nitrogen and oxygen atoms in total. The van der Waals surface area contributed by atoms with Gasteiger partial charge in [0.15, 0.2) is 0 Å². The molecule has 0 spiro atoms. The van der Waals surface area contributed by atoms with Crippen molar-refractivity contribution in [3.63, 3.8) is 0 Å². The third kappa shape index (κ3) is 4.50. The third-order valence-corrected chi connectivity index (χ3v) is 4.51. The van der Waals surface area contributed by atoms with E-state index < -0.39 is 0 Å². The minimum absolute atomic E-state index is 0.0274. The topological polar surface area (TPSA) is 35.6 Å². The molecule has 1 atom stereocenters. The van der Waals surface area contributed by atoms with Crippen LogP contribution in [0.5, 0.6) is 0 Å². The number of carbonyl (C=O) groups excluding carboxylic acids is 1. The fraction of sp³-hybridized carbons (Fsp3) is 0.533. The van der Waals surface area contributed by atoms with Crippen molar-refractivity contribution in [3.8, 4) is 0 Å². The van der Waals surface area contributed by atoms with Crippen molar-refractivity contribution in [2.75, 3.05) is 33.7 Å². The Kier molecular flexibility index (Phi) is 5.73. The summed E-state index contributed by atoms with van der Waals surface area (Å²) in [5.41, 5.74) is 0.990. The van der Waals surface area contributed by atoms with Gasteiger partial charge in [-0.25, -0.2) is 4.79 Å². The molecule has 1 aliphatic rings. The molecule has 1 aliphatic heterocycles. The van der Waals surface area contributed by atoms with Gasteiger partial charge < -0.3 is 15.1 Å². The molecule has 21 heavy (non-hydrogen) atoms. The van der Waals surface area contributed by atoms with Gasteiger partial charge in [-0.2, -0.15) is 0 Å². The first kappa shape index (κ1) is 16.4. The second-order valence-corrected chi connectivity index (χ2v) is 6.38. The monoisotopic (exact) mass is 329 g/mol. The lowest BCUT2D eigenvalue weighted by Gasteiger charge is -2.24. The number of halogens is 2. The zero-order chi connectivity index (χ0) is 15.4. The summed E-state index contributed by atoms with van der Waals surface area (Å²) in [4.78, 5) is 16.1. The highest BCUT2D eigenvalue weighted by Gasteiger charge is 2.26. The van der Waals surface area contributed by atoms with Crippen LogP contribution in [0.15, 0.2) is 18.2 Å². The van der Waals surface area contributed by atoms with Gasteiger partial charge in [-0.15, -0.1) is 0 Å². The van der Waals surface area contributed by atoms with Gasteiger partial charge in [-0.1, -0.05) is 29.3 Å². The van der Waals surface area contributed by atoms with Crippen molar-refractivity contribution >= 4 is 29.2 Å². The highest BCUT2D eigenvalue weighted by Crippen LogP contribution is 2.21. The molecule has 2 amide bonds. The van der Waals surface area contributed by atoms with Crippen molar-refractivity contribution in [2.45, 2.75) is 18.9 Å². The van der Waals surface area contributed by atoms with Crippen molar-refractivity contribution in [1.29, 1.82) is 0 Å². The SMILES string of the molecule is CN1CC[C@@H](N(C)C(=O)NCCc2ccc(Cl)cc2Cl)C1. The summed E-state index contributed by atoms with van der Waals surface area (Å²) < 4.78 is 0. The summed E-state index contributed by atoms with van der Waals surface area (Å²) in [6.45, 7) is 2.54. The van der Waals surface area contributed by atoms with E-state index in [1.165, 1.54) is 0 Å². The number of nitrogens with one attached hydrogen (secondary N) is 1. The maximum atomic E-state index is 12.1. The quantitative estimate of drug-likeness (QED) is 0.921. The molecule has 1 heterocycles. The van der Waals surface area contributed by atoms with Crippen LogP contribution in [0.3, 0.4) is 0 Å². The van der Waals surface area contributed by atoms with Gasteiger partial charge in [0, 0.05) is 36.2 Å². The number of benzene rings is 1. The number of amides is 2. The van der Waals surface area contributed by atoms with E-state index >= 15 is 0 Å². The summed E-state index contributed by atoms with van der Waals surface area (Å²) in [5, 5.41) is 4.21. The van der Waals surface area contributed by atoms with Gasteiger partial charge in [0.2, 0.25) is 0 Å². The van der Waals surface area contributed by atoms with Crippen LogP contribution in [0.4, 0.5) is 4.79 Å². The average Bonchev–Trinajstić information content (AvgIpc) is 2.87. The second-order valence-electron chi connectivity index (χ2n) is 5.53. The molecule has 0 aliphatic carbocycles. The highest BCUT2D eigenvalue weighted by molar-refractivity contribution is 6.35. The molecule has 2 rings (SSSR count). The molecule has 1 fully saturated rings. The van der Waals surface area contributed by atoms with E-state index in [1.54, 1.807) is 11.0 Å². The fourth-order valence-corrected chi connectivity index (χ4v) is 3.05. The van der Waals surface area contributed by atoms with Gasteiger partial charge in [-0.3, -0.25) is 0 Å². The molecular weight excluding hydrogens is 309 g/mol. The van der Waals surface area contributed by atoms with E-state index in [1.807, 2.05) is 19.2 Å². The van der Waals surface area contributed by atoms with E-state index in [0.717, 1.165) is 25.1 Å². The molecular formula is C15H21Cl2N3O. The van der Waals surface area contributed by atoms with Gasteiger partial charge in [0.05, 0.1) is 0 Å². The lowest BCUT2D eigenvalue weighted by Crippen LogP contribution is -2.45. The molecule has 0 bridgehead atoms. The van der Waals surface area contributed by atoms with Gasteiger partial charge >= 0.3 is 6.03 Å². The van der Waals surface area contributed by atoms with Crippen LogP contribution in [0, 0.1) is 0 Å². The Morgan fingerprint density at radius 3 is 2.86 bits per heavy atom. The molecule has 0 saturated carbocycles. The summed E-state index contributed by atoms with van der Waals surface area (Å²) in [6.07, 6.45) is 1.73. The van der Waals surface area contributed by atoms with Crippen LogP contribution >= 0.6 is 23.2 Å². The molecule has 1 saturated heterocycles. The van der Waals surface area contributed by atoms with Gasteiger partial charge in [0.1, 0.15) is 0 Å². The van der Waals surface area contributed by atoms with Gasteiger partial charge in [0.25, 0.3) is 0 Å². The van der Waals surface area contributed by atoms with Crippen LogP contribution in [0.1, 0.15) is 12.0 Å². The maximum Gasteiger partial charge on any atom is 0.317 e. The average molecular weight is 330 g/mol. The number of nitrogens with zero attached hydrogens (tertiary/aromatic N) is 2. The van der Waals surface area contributed by atoms with Crippen molar-refractivity contribution < 1.29 is 4.79 Å². The number of likely N-dealkylation sites (N-methyl/N-ethyl adjacent to an activating group) is 2. The standard InChI is InChI=1S/C15H21Cl2N3O/c1-19-8-6-13(10-19)20(2)15(21)18-7-5-11-3-4-12(16)9-14(11)17/h3-4,9,13H,5-8,10H2,1-2H3,(H,18,21)/t13-/m1/s1. The van der Waals surface area contributed by atoms with Crippen LogP contribution in [0.2, 0.25) is 10.0 Å². The zero-order valence-corrected chi connectivity index (χ0v) is 13.9. The Morgan fingerprint density at radius 1 is 1.48 bits per heavy atom.